The second kappa shape index (κ2) is 5.25. The van der Waals surface area contributed by atoms with Crippen LogP contribution >= 0.6 is 34.5 Å². The number of hydrogen-bond acceptors (Lipinski definition) is 2. The summed E-state index contributed by atoms with van der Waals surface area (Å²) in [6, 6.07) is 8.31. The summed E-state index contributed by atoms with van der Waals surface area (Å²) in [5.74, 6) is -0.355. The lowest BCUT2D eigenvalue weighted by Gasteiger charge is -2.15. The molecule has 1 nitrogen and oxygen atoms in total. The van der Waals surface area contributed by atoms with Crippen molar-refractivity contribution in [2.24, 2.45) is 0 Å². The minimum atomic E-state index is -0.355. The summed E-state index contributed by atoms with van der Waals surface area (Å²) in [6.45, 7) is 1.94. The van der Waals surface area contributed by atoms with Crippen molar-refractivity contribution in [3.8, 4) is 0 Å². The van der Waals surface area contributed by atoms with Crippen LogP contribution in [0.25, 0.3) is 0 Å². The molecule has 1 aromatic heterocycles. The third kappa shape index (κ3) is 2.92. The number of para-hydroxylation sites is 1. The van der Waals surface area contributed by atoms with Gasteiger partial charge < -0.3 is 5.32 Å². The summed E-state index contributed by atoms with van der Waals surface area (Å²) < 4.78 is 14.3. The predicted molar refractivity (Wildman–Crippen MR) is 72.8 cm³/mol. The van der Waals surface area contributed by atoms with E-state index in [1.165, 1.54) is 17.4 Å². The highest BCUT2D eigenvalue weighted by molar-refractivity contribution is 7.16. The first kappa shape index (κ1) is 12.7. The highest BCUT2D eigenvalue weighted by Crippen LogP contribution is 2.32. The molecular formula is C12H10Cl2FNS. The molecule has 90 valence electrons. The predicted octanol–water partition coefficient (Wildman–Crippen LogP) is 5.37. The average molecular weight is 290 g/mol. The normalized spacial score (nSPS) is 12.5. The molecule has 1 heterocycles. The fraction of sp³-hybridized carbons (Fsp3) is 0.167. The van der Waals surface area contributed by atoms with Crippen LogP contribution in [0.15, 0.2) is 30.3 Å². The Hall–Kier alpha value is -0.770. The second-order valence-electron chi connectivity index (χ2n) is 3.60. The standard InChI is InChI=1S/C12H10Cl2FNS/c1-7(10-5-6-11(14)17-10)16-12-8(13)3-2-4-9(12)15/h2-7,16H,1H3. The topological polar surface area (TPSA) is 12.0 Å². The Morgan fingerprint density at radius 1 is 1.24 bits per heavy atom. The first-order chi connectivity index (χ1) is 8.08. The molecule has 0 aliphatic rings. The number of thiophene rings is 1. The summed E-state index contributed by atoms with van der Waals surface area (Å²) >= 11 is 13.3. The van der Waals surface area contributed by atoms with E-state index in [1.807, 2.05) is 19.1 Å². The van der Waals surface area contributed by atoms with Crippen LogP contribution in [0.2, 0.25) is 9.36 Å². The molecule has 0 saturated heterocycles. The van der Waals surface area contributed by atoms with Crippen LogP contribution in [-0.2, 0) is 0 Å². The summed E-state index contributed by atoms with van der Waals surface area (Å²) in [5.41, 5.74) is 0.325. The Labute approximate surface area is 113 Å². The minimum absolute atomic E-state index is 0.0399. The van der Waals surface area contributed by atoms with Crippen molar-refractivity contribution in [1.82, 2.24) is 0 Å². The van der Waals surface area contributed by atoms with Crippen molar-refractivity contribution in [2.45, 2.75) is 13.0 Å². The van der Waals surface area contributed by atoms with Crippen LogP contribution in [0.4, 0.5) is 10.1 Å². The van der Waals surface area contributed by atoms with Gasteiger partial charge in [0.2, 0.25) is 0 Å². The molecule has 0 radical (unpaired) electrons. The molecule has 0 amide bonds. The van der Waals surface area contributed by atoms with Crippen molar-refractivity contribution in [2.75, 3.05) is 5.32 Å². The smallest absolute Gasteiger partial charge is 0.147 e. The Kier molecular flexibility index (Phi) is 3.92. The Balaban J connectivity index is 2.21. The van der Waals surface area contributed by atoms with E-state index >= 15 is 0 Å². The van der Waals surface area contributed by atoms with Crippen LogP contribution in [0.3, 0.4) is 0 Å². The third-order valence-corrected chi connectivity index (χ3v) is 4.07. The lowest BCUT2D eigenvalue weighted by atomic mass is 10.2. The van der Waals surface area contributed by atoms with E-state index in [4.69, 9.17) is 23.2 Å². The van der Waals surface area contributed by atoms with E-state index in [0.29, 0.717) is 15.0 Å². The van der Waals surface area contributed by atoms with Gasteiger partial charge >= 0.3 is 0 Å². The van der Waals surface area contributed by atoms with Gasteiger partial charge in [-0.3, -0.25) is 0 Å². The Morgan fingerprint density at radius 2 is 2.00 bits per heavy atom. The van der Waals surface area contributed by atoms with Crippen molar-refractivity contribution in [1.29, 1.82) is 0 Å². The molecule has 5 heteroatoms. The lowest BCUT2D eigenvalue weighted by Crippen LogP contribution is -2.06. The van der Waals surface area contributed by atoms with Crippen molar-refractivity contribution in [3.63, 3.8) is 0 Å². The lowest BCUT2D eigenvalue weighted by molar-refractivity contribution is 0.628. The zero-order valence-corrected chi connectivity index (χ0v) is 11.3. The van der Waals surface area contributed by atoms with Crippen molar-refractivity contribution in [3.05, 3.63) is 50.4 Å². The van der Waals surface area contributed by atoms with Crippen LogP contribution in [0, 0.1) is 5.82 Å². The molecule has 0 aliphatic carbocycles. The zero-order chi connectivity index (χ0) is 12.4. The molecular weight excluding hydrogens is 280 g/mol. The number of anilines is 1. The van der Waals surface area contributed by atoms with Gasteiger partial charge in [-0.1, -0.05) is 29.3 Å². The van der Waals surface area contributed by atoms with Crippen molar-refractivity contribution < 1.29 is 4.39 Å². The van der Waals surface area contributed by atoms with E-state index < -0.39 is 0 Å². The number of nitrogens with one attached hydrogen (secondary N) is 1. The number of halogens is 3. The molecule has 1 atom stereocenters. The fourth-order valence-electron chi connectivity index (χ4n) is 1.48. The average Bonchev–Trinajstić information content (AvgIpc) is 2.70. The summed E-state index contributed by atoms with van der Waals surface area (Å²) in [6.07, 6.45) is 0. The van der Waals surface area contributed by atoms with Gasteiger partial charge in [-0.15, -0.1) is 11.3 Å². The molecule has 1 unspecified atom stereocenters. The maximum atomic E-state index is 13.6. The summed E-state index contributed by atoms with van der Waals surface area (Å²) in [7, 11) is 0. The zero-order valence-electron chi connectivity index (χ0n) is 9.01. The largest absolute Gasteiger partial charge is 0.374 e. The van der Waals surface area contributed by atoms with Gasteiger partial charge in [0.1, 0.15) is 5.82 Å². The van der Waals surface area contributed by atoms with E-state index in [2.05, 4.69) is 5.32 Å². The molecule has 0 bridgehead atoms. The first-order valence-corrected chi connectivity index (χ1v) is 6.61. The monoisotopic (exact) mass is 289 g/mol. The van der Waals surface area contributed by atoms with Gasteiger partial charge in [0.05, 0.1) is 21.1 Å². The van der Waals surface area contributed by atoms with Crippen LogP contribution < -0.4 is 5.32 Å². The molecule has 0 aliphatic heterocycles. The van der Waals surface area contributed by atoms with Crippen LogP contribution in [0.1, 0.15) is 17.8 Å². The Morgan fingerprint density at radius 3 is 2.59 bits per heavy atom. The Bertz CT molecular complexity index is 507. The van der Waals surface area contributed by atoms with E-state index in [-0.39, 0.29) is 11.9 Å². The number of hydrogen-bond donors (Lipinski definition) is 1. The molecule has 1 aromatic carbocycles. The third-order valence-electron chi connectivity index (χ3n) is 2.34. The van der Waals surface area contributed by atoms with Gasteiger partial charge in [0.25, 0.3) is 0 Å². The maximum Gasteiger partial charge on any atom is 0.147 e. The fourth-order valence-corrected chi connectivity index (χ4v) is 2.77. The number of benzene rings is 1. The van der Waals surface area contributed by atoms with Crippen molar-refractivity contribution >= 4 is 40.2 Å². The van der Waals surface area contributed by atoms with Gasteiger partial charge in [-0.25, -0.2) is 4.39 Å². The van der Waals surface area contributed by atoms with Gasteiger partial charge in [0, 0.05) is 4.88 Å². The molecule has 0 fully saturated rings. The van der Waals surface area contributed by atoms with Gasteiger partial charge in [-0.2, -0.15) is 0 Å². The van der Waals surface area contributed by atoms with E-state index in [9.17, 15) is 4.39 Å². The molecule has 0 spiro atoms. The SMILES string of the molecule is CC(Nc1c(F)cccc1Cl)c1ccc(Cl)s1. The summed E-state index contributed by atoms with van der Waals surface area (Å²) in [4.78, 5) is 1.04. The molecule has 17 heavy (non-hydrogen) atoms. The maximum absolute atomic E-state index is 13.6. The number of rotatable bonds is 3. The van der Waals surface area contributed by atoms with E-state index in [1.54, 1.807) is 12.1 Å². The summed E-state index contributed by atoms with van der Waals surface area (Å²) in [5, 5.41) is 3.43. The van der Waals surface area contributed by atoms with Crippen LogP contribution in [0.5, 0.6) is 0 Å². The highest BCUT2D eigenvalue weighted by Gasteiger charge is 2.12. The van der Waals surface area contributed by atoms with Crippen LogP contribution in [-0.4, -0.2) is 0 Å². The first-order valence-electron chi connectivity index (χ1n) is 5.03. The quantitative estimate of drug-likeness (QED) is 0.801. The molecule has 2 aromatic rings. The minimum Gasteiger partial charge on any atom is -0.374 e. The van der Waals surface area contributed by atoms with E-state index in [0.717, 1.165) is 4.88 Å². The second-order valence-corrected chi connectivity index (χ2v) is 5.76. The molecule has 0 saturated carbocycles. The van der Waals surface area contributed by atoms with Gasteiger partial charge in [-0.05, 0) is 31.2 Å². The molecule has 2 rings (SSSR count). The van der Waals surface area contributed by atoms with Gasteiger partial charge in [0.15, 0.2) is 0 Å². The molecule has 1 N–H and O–H groups in total. The highest BCUT2D eigenvalue weighted by atomic mass is 35.5.